The maximum atomic E-state index is 12.8. The Balaban J connectivity index is 1.76. The quantitative estimate of drug-likeness (QED) is 0.932. The number of piperidine rings is 1. The van der Waals surface area contributed by atoms with Gasteiger partial charge in [-0.3, -0.25) is 4.79 Å². The highest BCUT2D eigenvalue weighted by atomic mass is 16.2. The molecule has 6 nitrogen and oxygen atoms in total. The molecule has 1 aliphatic heterocycles. The first kappa shape index (κ1) is 15.7. The van der Waals surface area contributed by atoms with Crippen LogP contribution in [0.2, 0.25) is 0 Å². The SMILES string of the molecule is CNC[C@H]1CCCN(C(=O)c2ccc(-n3cncn3)c(C)c2)C1. The number of carbonyl (C=O) groups excluding carboxylic acids is 1. The van der Waals surface area contributed by atoms with Crippen molar-refractivity contribution in [2.45, 2.75) is 19.8 Å². The number of carbonyl (C=O) groups is 1. The van der Waals surface area contributed by atoms with Crippen molar-refractivity contribution in [3.63, 3.8) is 0 Å². The second-order valence-electron chi connectivity index (χ2n) is 6.16. The van der Waals surface area contributed by atoms with Crippen molar-refractivity contribution in [3.05, 3.63) is 42.0 Å². The van der Waals surface area contributed by atoms with Crippen LogP contribution in [-0.4, -0.2) is 52.3 Å². The predicted molar refractivity (Wildman–Crippen MR) is 88.7 cm³/mol. The number of hydrogen-bond donors (Lipinski definition) is 1. The lowest BCUT2D eigenvalue weighted by molar-refractivity contribution is 0.0674. The normalized spacial score (nSPS) is 18.2. The number of aromatic nitrogens is 3. The lowest BCUT2D eigenvalue weighted by Gasteiger charge is -2.33. The summed E-state index contributed by atoms with van der Waals surface area (Å²) in [6.07, 6.45) is 5.44. The van der Waals surface area contributed by atoms with E-state index in [-0.39, 0.29) is 5.91 Å². The van der Waals surface area contributed by atoms with Crippen LogP contribution in [0.25, 0.3) is 5.69 Å². The molecule has 1 saturated heterocycles. The topological polar surface area (TPSA) is 63.1 Å². The second-order valence-corrected chi connectivity index (χ2v) is 6.16. The largest absolute Gasteiger partial charge is 0.338 e. The van der Waals surface area contributed by atoms with E-state index in [0.717, 1.165) is 42.9 Å². The van der Waals surface area contributed by atoms with E-state index < -0.39 is 0 Å². The highest BCUT2D eigenvalue weighted by molar-refractivity contribution is 5.94. The molecule has 2 aromatic rings. The van der Waals surface area contributed by atoms with Gasteiger partial charge >= 0.3 is 0 Å². The predicted octanol–water partition coefficient (Wildman–Crippen LogP) is 1.65. The van der Waals surface area contributed by atoms with Gasteiger partial charge in [-0.1, -0.05) is 0 Å². The average Bonchev–Trinajstić information content (AvgIpc) is 3.09. The molecule has 0 saturated carbocycles. The summed E-state index contributed by atoms with van der Waals surface area (Å²) in [5, 5.41) is 7.36. The fourth-order valence-corrected chi connectivity index (χ4v) is 3.27. The second kappa shape index (κ2) is 6.91. The fraction of sp³-hybridized carbons (Fsp3) is 0.471. The van der Waals surface area contributed by atoms with Crippen molar-refractivity contribution in [2.75, 3.05) is 26.7 Å². The number of benzene rings is 1. The number of hydrogen-bond acceptors (Lipinski definition) is 4. The van der Waals surface area contributed by atoms with Crippen LogP contribution in [0.1, 0.15) is 28.8 Å². The highest BCUT2D eigenvalue weighted by Gasteiger charge is 2.24. The van der Waals surface area contributed by atoms with E-state index in [1.807, 2.05) is 37.1 Å². The van der Waals surface area contributed by atoms with E-state index >= 15 is 0 Å². The molecule has 0 unspecified atom stereocenters. The molecule has 1 N–H and O–H groups in total. The average molecular weight is 313 g/mol. The summed E-state index contributed by atoms with van der Waals surface area (Å²) in [5.41, 5.74) is 2.72. The monoisotopic (exact) mass is 313 g/mol. The molecule has 1 amide bonds. The minimum Gasteiger partial charge on any atom is -0.338 e. The summed E-state index contributed by atoms with van der Waals surface area (Å²) in [5.74, 6) is 0.673. The zero-order chi connectivity index (χ0) is 16.2. The molecule has 0 radical (unpaired) electrons. The Hall–Kier alpha value is -2.21. The van der Waals surface area contributed by atoms with Gasteiger partial charge in [0.25, 0.3) is 5.91 Å². The molecule has 1 atom stereocenters. The van der Waals surface area contributed by atoms with Crippen LogP contribution in [-0.2, 0) is 0 Å². The van der Waals surface area contributed by atoms with Gasteiger partial charge in [0.15, 0.2) is 0 Å². The van der Waals surface area contributed by atoms with Crippen molar-refractivity contribution >= 4 is 5.91 Å². The van der Waals surface area contributed by atoms with Crippen LogP contribution in [0, 0.1) is 12.8 Å². The molecule has 3 rings (SSSR count). The molecule has 23 heavy (non-hydrogen) atoms. The zero-order valence-electron chi connectivity index (χ0n) is 13.7. The third-order valence-electron chi connectivity index (χ3n) is 4.41. The lowest BCUT2D eigenvalue weighted by atomic mass is 9.97. The Morgan fingerprint density at radius 1 is 1.43 bits per heavy atom. The van der Waals surface area contributed by atoms with Gasteiger partial charge in [-0.25, -0.2) is 9.67 Å². The molecule has 1 aromatic carbocycles. The number of likely N-dealkylation sites (tertiary alicyclic amines) is 1. The van der Waals surface area contributed by atoms with Crippen LogP contribution in [0.5, 0.6) is 0 Å². The summed E-state index contributed by atoms with van der Waals surface area (Å²) >= 11 is 0. The molecular formula is C17H23N5O. The van der Waals surface area contributed by atoms with Gasteiger partial charge in [0.2, 0.25) is 0 Å². The number of amides is 1. The van der Waals surface area contributed by atoms with Crippen LogP contribution in [0.3, 0.4) is 0 Å². The minimum atomic E-state index is 0.124. The first-order valence-electron chi connectivity index (χ1n) is 8.08. The van der Waals surface area contributed by atoms with Gasteiger partial charge in [0.05, 0.1) is 5.69 Å². The van der Waals surface area contributed by atoms with Crippen molar-refractivity contribution in [2.24, 2.45) is 5.92 Å². The minimum absolute atomic E-state index is 0.124. The molecule has 1 aromatic heterocycles. The van der Waals surface area contributed by atoms with Crippen molar-refractivity contribution in [1.29, 1.82) is 0 Å². The molecule has 0 aliphatic carbocycles. The Labute approximate surface area is 136 Å². The van der Waals surface area contributed by atoms with Crippen LogP contribution < -0.4 is 5.32 Å². The van der Waals surface area contributed by atoms with Crippen LogP contribution >= 0.6 is 0 Å². The Morgan fingerprint density at radius 3 is 3.00 bits per heavy atom. The summed E-state index contributed by atoms with van der Waals surface area (Å²) < 4.78 is 1.72. The first-order chi connectivity index (χ1) is 11.2. The number of aryl methyl sites for hydroxylation is 1. The molecule has 0 spiro atoms. The van der Waals surface area contributed by atoms with E-state index in [9.17, 15) is 4.79 Å². The molecule has 122 valence electrons. The number of nitrogens with zero attached hydrogens (tertiary/aromatic N) is 4. The Kier molecular flexibility index (Phi) is 4.71. The van der Waals surface area contributed by atoms with E-state index in [1.165, 1.54) is 12.7 Å². The maximum absolute atomic E-state index is 12.8. The first-order valence-corrected chi connectivity index (χ1v) is 8.08. The molecule has 1 fully saturated rings. The number of nitrogens with one attached hydrogen (secondary N) is 1. The van der Waals surface area contributed by atoms with E-state index in [2.05, 4.69) is 15.4 Å². The summed E-state index contributed by atoms with van der Waals surface area (Å²) in [6, 6.07) is 5.77. The Morgan fingerprint density at radius 2 is 2.30 bits per heavy atom. The van der Waals surface area contributed by atoms with Gasteiger partial charge in [-0.05, 0) is 63.0 Å². The van der Waals surface area contributed by atoms with Gasteiger partial charge in [-0.2, -0.15) is 5.10 Å². The molecule has 2 heterocycles. The summed E-state index contributed by atoms with van der Waals surface area (Å²) in [6.45, 7) is 4.65. The van der Waals surface area contributed by atoms with Gasteiger partial charge in [0.1, 0.15) is 12.7 Å². The highest BCUT2D eigenvalue weighted by Crippen LogP contribution is 2.20. The van der Waals surface area contributed by atoms with Crippen molar-refractivity contribution < 1.29 is 4.79 Å². The van der Waals surface area contributed by atoms with E-state index in [4.69, 9.17) is 0 Å². The molecule has 0 bridgehead atoms. The third kappa shape index (κ3) is 3.42. The van der Waals surface area contributed by atoms with Gasteiger partial charge in [-0.15, -0.1) is 0 Å². The fourth-order valence-electron chi connectivity index (χ4n) is 3.27. The van der Waals surface area contributed by atoms with E-state index in [1.54, 1.807) is 11.0 Å². The lowest BCUT2D eigenvalue weighted by Crippen LogP contribution is -2.42. The van der Waals surface area contributed by atoms with Crippen LogP contribution in [0.15, 0.2) is 30.9 Å². The molecule has 6 heteroatoms. The van der Waals surface area contributed by atoms with E-state index in [0.29, 0.717) is 5.92 Å². The van der Waals surface area contributed by atoms with Gasteiger partial charge < -0.3 is 10.2 Å². The maximum Gasteiger partial charge on any atom is 0.253 e. The molecule has 1 aliphatic rings. The zero-order valence-corrected chi connectivity index (χ0v) is 13.7. The Bertz CT molecular complexity index is 666. The smallest absolute Gasteiger partial charge is 0.253 e. The summed E-state index contributed by atoms with van der Waals surface area (Å²) in [4.78, 5) is 18.7. The third-order valence-corrected chi connectivity index (χ3v) is 4.41. The summed E-state index contributed by atoms with van der Waals surface area (Å²) in [7, 11) is 1.97. The van der Waals surface area contributed by atoms with Gasteiger partial charge in [0, 0.05) is 18.7 Å². The number of rotatable bonds is 4. The van der Waals surface area contributed by atoms with Crippen molar-refractivity contribution in [3.8, 4) is 5.69 Å². The van der Waals surface area contributed by atoms with Crippen LogP contribution in [0.4, 0.5) is 0 Å². The van der Waals surface area contributed by atoms with Crippen molar-refractivity contribution in [1.82, 2.24) is 25.0 Å². The standard InChI is InChI=1S/C17H23N5O/c1-13-8-15(5-6-16(13)22-12-19-11-20-22)17(23)21-7-3-4-14(10-21)9-18-2/h5-6,8,11-12,14,18H,3-4,7,9-10H2,1-2H3/t14-/m1/s1. The molecular weight excluding hydrogens is 290 g/mol.